The van der Waals surface area contributed by atoms with Crippen LogP contribution < -0.4 is 0 Å². The molecule has 0 amide bonds. The lowest BCUT2D eigenvalue weighted by atomic mass is 10.1. The van der Waals surface area contributed by atoms with Crippen LogP contribution in [0.4, 0.5) is 0 Å². The molecule has 4 heteroatoms. The Morgan fingerprint density at radius 3 is 2.84 bits per heavy atom. The largest absolute Gasteiger partial charge is 0.325 e. The maximum absolute atomic E-state index is 6.12. The second-order valence-electron chi connectivity index (χ2n) is 4.96. The summed E-state index contributed by atoms with van der Waals surface area (Å²) in [5.74, 6) is 1.66. The Labute approximate surface area is 124 Å². The molecule has 0 fully saturated rings. The fourth-order valence-corrected chi connectivity index (χ4v) is 2.83. The number of aromatic nitrogens is 2. The molecule has 0 radical (unpaired) electrons. The highest BCUT2D eigenvalue weighted by molar-refractivity contribution is 6.31. The molecule has 1 heterocycles. The van der Waals surface area contributed by atoms with E-state index in [0.717, 1.165) is 34.7 Å². The highest BCUT2D eigenvalue weighted by atomic mass is 35.5. The summed E-state index contributed by atoms with van der Waals surface area (Å²) in [5, 5.41) is 0.758. The number of hydrogen-bond acceptors (Lipinski definition) is 1. The summed E-state index contributed by atoms with van der Waals surface area (Å²) in [5.41, 5.74) is 2.13. The van der Waals surface area contributed by atoms with Gasteiger partial charge in [-0.3, -0.25) is 0 Å². The van der Waals surface area contributed by atoms with Gasteiger partial charge >= 0.3 is 0 Å². The zero-order valence-corrected chi connectivity index (χ0v) is 13.0. The number of alkyl halides is 1. The zero-order valence-electron chi connectivity index (χ0n) is 11.5. The Morgan fingerprint density at radius 2 is 2.16 bits per heavy atom. The molecular weight excluding hydrogens is 279 g/mol. The third-order valence-corrected chi connectivity index (χ3v) is 3.88. The molecule has 0 aliphatic heterocycles. The van der Waals surface area contributed by atoms with Crippen molar-refractivity contribution in [1.82, 2.24) is 9.55 Å². The molecule has 0 saturated heterocycles. The maximum atomic E-state index is 6.12. The molecule has 2 nitrogen and oxygen atoms in total. The number of rotatable bonds is 6. The van der Waals surface area contributed by atoms with E-state index in [4.69, 9.17) is 28.2 Å². The lowest BCUT2D eigenvalue weighted by Crippen LogP contribution is -2.10. The first-order valence-electron chi connectivity index (χ1n) is 6.89. The van der Waals surface area contributed by atoms with Crippen molar-refractivity contribution < 1.29 is 0 Å². The predicted molar refractivity (Wildman–Crippen MR) is 83.4 cm³/mol. The highest BCUT2D eigenvalue weighted by Crippen LogP contribution is 2.27. The molecule has 0 spiro atoms. The van der Waals surface area contributed by atoms with Gasteiger partial charge in [-0.15, -0.1) is 11.6 Å². The molecule has 19 heavy (non-hydrogen) atoms. The number of fused-ring (bicyclic) bond motifs is 1. The second-order valence-corrected chi connectivity index (χ2v) is 5.78. The first kappa shape index (κ1) is 14.7. The molecule has 1 unspecified atom stereocenters. The number of unbranched alkanes of at least 4 members (excludes halogenated alkanes) is 1. The Balaban J connectivity index is 2.46. The van der Waals surface area contributed by atoms with Crippen LogP contribution in [0.15, 0.2) is 18.2 Å². The Bertz CT molecular complexity index is 548. The molecule has 104 valence electrons. The van der Waals surface area contributed by atoms with E-state index in [2.05, 4.69) is 18.4 Å². The molecule has 1 atom stereocenters. The third-order valence-electron chi connectivity index (χ3n) is 3.46. The van der Waals surface area contributed by atoms with Gasteiger partial charge in [-0.2, -0.15) is 0 Å². The lowest BCUT2D eigenvalue weighted by molar-refractivity contribution is 0.482. The number of aryl methyl sites for hydroxylation is 1. The predicted octanol–water partition coefficient (Wildman–Crippen LogP) is 5.22. The minimum Gasteiger partial charge on any atom is -0.325 e. The van der Waals surface area contributed by atoms with Crippen molar-refractivity contribution in [2.24, 2.45) is 0 Å². The van der Waals surface area contributed by atoms with Gasteiger partial charge in [-0.1, -0.05) is 31.4 Å². The molecule has 2 aromatic rings. The molecule has 0 aliphatic carbocycles. The van der Waals surface area contributed by atoms with Crippen LogP contribution in [-0.4, -0.2) is 15.4 Å². The van der Waals surface area contributed by atoms with Crippen molar-refractivity contribution in [1.29, 1.82) is 0 Å². The molecule has 0 N–H and O–H groups in total. The van der Waals surface area contributed by atoms with Crippen LogP contribution in [0.25, 0.3) is 11.0 Å². The van der Waals surface area contributed by atoms with Crippen molar-refractivity contribution in [2.75, 3.05) is 5.88 Å². The summed E-state index contributed by atoms with van der Waals surface area (Å²) >= 11 is 12.0. The van der Waals surface area contributed by atoms with Gasteiger partial charge in [-0.05, 0) is 31.5 Å². The number of hydrogen-bond donors (Lipinski definition) is 0. The van der Waals surface area contributed by atoms with Gasteiger partial charge < -0.3 is 4.57 Å². The number of imidazole rings is 1. The summed E-state index contributed by atoms with van der Waals surface area (Å²) < 4.78 is 2.30. The van der Waals surface area contributed by atoms with Gasteiger partial charge in [0.1, 0.15) is 5.82 Å². The first-order chi connectivity index (χ1) is 9.17. The zero-order chi connectivity index (χ0) is 13.8. The monoisotopic (exact) mass is 298 g/mol. The van der Waals surface area contributed by atoms with E-state index in [1.54, 1.807) is 0 Å². The van der Waals surface area contributed by atoms with Gasteiger partial charge in [0.15, 0.2) is 0 Å². The fourth-order valence-electron chi connectivity index (χ4n) is 2.50. The highest BCUT2D eigenvalue weighted by Gasteiger charge is 2.15. The SMILES string of the molecule is CCCCC(C)n1c(CCCl)nc2ccc(Cl)cc21. The quantitative estimate of drug-likeness (QED) is 0.668. The number of nitrogens with zero attached hydrogens (tertiary/aromatic N) is 2. The van der Waals surface area contributed by atoms with Crippen LogP contribution in [-0.2, 0) is 6.42 Å². The van der Waals surface area contributed by atoms with Gasteiger partial charge in [0.2, 0.25) is 0 Å². The molecule has 1 aromatic heterocycles. The Morgan fingerprint density at radius 1 is 1.37 bits per heavy atom. The van der Waals surface area contributed by atoms with E-state index >= 15 is 0 Å². The van der Waals surface area contributed by atoms with Crippen LogP contribution in [0.1, 0.15) is 45.0 Å². The van der Waals surface area contributed by atoms with Gasteiger partial charge in [0.25, 0.3) is 0 Å². The smallest absolute Gasteiger partial charge is 0.111 e. The van der Waals surface area contributed by atoms with Crippen LogP contribution in [0, 0.1) is 0 Å². The van der Waals surface area contributed by atoms with E-state index in [1.807, 2.05) is 18.2 Å². The van der Waals surface area contributed by atoms with E-state index < -0.39 is 0 Å². The minimum atomic E-state index is 0.432. The molecule has 1 aromatic carbocycles. The van der Waals surface area contributed by atoms with Gasteiger partial charge in [0.05, 0.1) is 11.0 Å². The number of halogens is 2. The van der Waals surface area contributed by atoms with Crippen LogP contribution in [0.2, 0.25) is 5.02 Å². The molecule has 0 bridgehead atoms. The topological polar surface area (TPSA) is 17.8 Å². The second kappa shape index (κ2) is 6.62. The average molecular weight is 299 g/mol. The number of benzene rings is 1. The van der Waals surface area contributed by atoms with Crippen LogP contribution in [0.3, 0.4) is 0 Å². The molecule has 0 saturated carbocycles. The van der Waals surface area contributed by atoms with Crippen molar-refractivity contribution in [3.63, 3.8) is 0 Å². The standard InChI is InChI=1S/C15H20Cl2N2/c1-3-4-5-11(2)19-14-10-12(17)6-7-13(14)18-15(19)8-9-16/h6-7,10-11H,3-5,8-9H2,1-2H3. The van der Waals surface area contributed by atoms with Crippen molar-refractivity contribution >= 4 is 34.2 Å². The maximum Gasteiger partial charge on any atom is 0.111 e. The average Bonchev–Trinajstić information content (AvgIpc) is 2.73. The molecular formula is C15H20Cl2N2. The third kappa shape index (κ3) is 3.24. The minimum absolute atomic E-state index is 0.432. The summed E-state index contributed by atoms with van der Waals surface area (Å²) in [6, 6.07) is 6.31. The van der Waals surface area contributed by atoms with Crippen LogP contribution in [0.5, 0.6) is 0 Å². The summed E-state index contributed by atoms with van der Waals surface area (Å²) in [6.07, 6.45) is 4.39. The lowest BCUT2D eigenvalue weighted by Gasteiger charge is -2.17. The summed E-state index contributed by atoms with van der Waals surface area (Å²) in [7, 11) is 0. The van der Waals surface area contributed by atoms with Crippen LogP contribution >= 0.6 is 23.2 Å². The summed E-state index contributed by atoms with van der Waals surface area (Å²) in [6.45, 7) is 4.46. The Hall–Kier alpha value is -0.730. The molecule has 2 rings (SSSR count). The van der Waals surface area contributed by atoms with Crippen molar-refractivity contribution in [2.45, 2.75) is 45.6 Å². The van der Waals surface area contributed by atoms with Gasteiger partial charge in [0, 0.05) is 23.4 Å². The van der Waals surface area contributed by atoms with Crippen molar-refractivity contribution in [3.05, 3.63) is 29.0 Å². The normalized spacial score (nSPS) is 13.1. The van der Waals surface area contributed by atoms with Crippen molar-refractivity contribution in [3.8, 4) is 0 Å². The van der Waals surface area contributed by atoms with Gasteiger partial charge in [-0.25, -0.2) is 4.98 Å². The van der Waals surface area contributed by atoms with E-state index in [-0.39, 0.29) is 0 Å². The first-order valence-corrected chi connectivity index (χ1v) is 7.81. The van der Waals surface area contributed by atoms with E-state index in [0.29, 0.717) is 11.9 Å². The van der Waals surface area contributed by atoms with E-state index in [1.165, 1.54) is 12.8 Å². The fraction of sp³-hybridized carbons (Fsp3) is 0.533. The summed E-state index contributed by atoms with van der Waals surface area (Å²) in [4.78, 5) is 4.69. The molecule has 0 aliphatic rings. The van der Waals surface area contributed by atoms with E-state index in [9.17, 15) is 0 Å². The Kier molecular flexibility index (Phi) is 5.12.